The molecule has 3 aliphatic heterocycles. The normalized spacial score (nSPS) is 36.6. The highest BCUT2D eigenvalue weighted by atomic mass is 32.7. The first-order valence-electron chi connectivity index (χ1n) is 12.8. The largest absolute Gasteiger partial charge is 0.387 e. The van der Waals surface area contributed by atoms with E-state index in [9.17, 15) is 19.0 Å². The first-order valence-corrected chi connectivity index (χ1v) is 16.7. The van der Waals surface area contributed by atoms with Gasteiger partial charge in [-0.25, -0.2) is 28.9 Å². The van der Waals surface area contributed by atoms with Crippen LogP contribution in [0.3, 0.4) is 0 Å². The van der Waals surface area contributed by atoms with E-state index in [1.165, 1.54) is 28.1 Å². The lowest BCUT2D eigenvalue weighted by molar-refractivity contribution is -0.0564. The number of nitrogens with zero attached hydrogens (tertiary/aromatic N) is 7. The fourth-order valence-corrected chi connectivity index (χ4v) is 7.55. The predicted octanol–water partition coefficient (Wildman–Crippen LogP) is -0.138. The number of imidazole rings is 2. The molecule has 24 heteroatoms. The third kappa shape index (κ3) is 5.10. The number of H-pyrrole nitrogens is 1. The van der Waals surface area contributed by atoms with Crippen LogP contribution in [0.25, 0.3) is 22.3 Å². The van der Waals surface area contributed by atoms with Crippen LogP contribution >= 0.6 is 27.3 Å². The van der Waals surface area contributed by atoms with Crippen molar-refractivity contribution >= 4 is 61.4 Å². The summed E-state index contributed by atoms with van der Waals surface area (Å²) in [6, 6.07) is 0. The minimum atomic E-state index is -4.38. The molecule has 3 aliphatic rings. The van der Waals surface area contributed by atoms with Gasteiger partial charge in [-0.15, -0.1) is 0 Å². The smallest absolute Gasteiger partial charge is 0.386 e. The van der Waals surface area contributed by atoms with Crippen LogP contribution in [0.15, 0.2) is 23.8 Å². The van der Waals surface area contributed by atoms with Gasteiger partial charge >= 0.3 is 15.1 Å². The number of nitrogens with two attached hydrogens (primary N) is 2. The zero-order chi connectivity index (χ0) is 30.9. The molecule has 0 aromatic carbocycles. The molecule has 7 rings (SSSR count). The number of hydrogen-bond donors (Lipinski definition) is 5. The predicted molar refractivity (Wildman–Crippen MR) is 148 cm³/mol. The Kier molecular flexibility index (Phi) is 7.47. The van der Waals surface area contributed by atoms with Crippen molar-refractivity contribution < 1.29 is 46.2 Å². The number of nitrogens with one attached hydrogen (secondary N) is 1. The number of aliphatic hydroxyl groups is 1. The van der Waals surface area contributed by atoms with Crippen LogP contribution in [-0.2, 0) is 36.7 Å². The first kappa shape index (κ1) is 29.7. The number of nitrogen functional groups attached to an aromatic ring is 2. The lowest BCUT2D eigenvalue weighted by Gasteiger charge is -2.25. The molecule has 10 atom stereocenters. The number of aromatic nitrogens is 8. The molecule has 7 heterocycles. The van der Waals surface area contributed by atoms with E-state index in [2.05, 4.69) is 42.2 Å². The van der Waals surface area contributed by atoms with Gasteiger partial charge in [0, 0.05) is 0 Å². The van der Waals surface area contributed by atoms with Gasteiger partial charge in [0.05, 0.1) is 25.9 Å². The van der Waals surface area contributed by atoms with Gasteiger partial charge in [-0.05, 0) is 0 Å². The van der Waals surface area contributed by atoms with E-state index in [1.807, 2.05) is 0 Å². The number of aliphatic hydroxyl groups excluding tert-OH is 1. The Morgan fingerprint density at radius 3 is 2.57 bits per heavy atom. The molecule has 0 saturated carbocycles. The average Bonchev–Trinajstić information content (AvgIpc) is 3.72. The fourth-order valence-electron chi connectivity index (χ4n) is 5.22. The number of hydrogen-bond acceptors (Lipinski definition) is 17. The monoisotopic (exact) mass is 676 g/mol. The second-order valence-corrected chi connectivity index (χ2v) is 13.8. The summed E-state index contributed by atoms with van der Waals surface area (Å²) < 4.78 is 78.3. The number of fused-ring (bicyclic) bond motifs is 5. The maximum Gasteiger partial charge on any atom is 0.386 e. The fraction of sp³-hybridized carbons (Fsp3) is 0.500. The van der Waals surface area contributed by atoms with Gasteiger partial charge < -0.3 is 35.1 Å². The molecule has 0 radical (unpaired) electrons. The maximum absolute atomic E-state index is 15.9. The number of alkyl halides is 1. The lowest BCUT2D eigenvalue weighted by atomic mass is 10.1. The van der Waals surface area contributed by atoms with E-state index in [0.29, 0.717) is 0 Å². The minimum absolute atomic E-state index is 0.0344. The topological polar surface area (TPSA) is 269 Å². The van der Waals surface area contributed by atoms with E-state index < -0.39 is 83.0 Å². The SMILES string of the molecule is Nc1nc2c(ncn2[C@@H]2O[C@@H]3CO[PH](=O)O[C@H]4[C@H](F)[C@H](n5cnc6c(N)ncnc65)O[C@@H]4COP(=O)(S)O[C@@H]2[C@@H]3O)c(=O)[nH]1. The number of rotatable bonds is 2. The molecule has 3 saturated heterocycles. The van der Waals surface area contributed by atoms with Crippen molar-refractivity contribution in [3.05, 3.63) is 29.3 Å². The molecule has 0 amide bonds. The second kappa shape index (κ2) is 11.1. The van der Waals surface area contributed by atoms with Crippen molar-refractivity contribution in [2.75, 3.05) is 24.7 Å². The summed E-state index contributed by atoms with van der Waals surface area (Å²) in [5.74, 6) is -0.167. The van der Waals surface area contributed by atoms with Crippen molar-refractivity contribution in [1.29, 1.82) is 0 Å². The zero-order valence-electron chi connectivity index (χ0n) is 21.9. The molecule has 236 valence electrons. The highest BCUT2D eigenvalue weighted by molar-refractivity contribution is 8.44. The quantitative estimate of drug-likeness (QED) is 0.137. The van der Waals surface area contributed by atoms with Crippen molar-refractivity contribution in [1.82, 2.24) is 39.0 Å². The Balaban J connectivity index is 1.18. The van der Waals surface area contributed by atoms with Crippen molar-refractivity contribution in [3.63, 3.8) is 0 Å². The summed E-state index contributed by atoms with van der Waals surface area (Å²) in [7, 11) is -3.46. The highest BCUT2D eigenvalue weighted by Crippen LogP contribution is 2.57. The molecule has 44 heavy (non-hydrogen) atoms. The summed E-state index contributed by atoms with van der Waals surface area (Å²) >= 11 is 4.04. The van der Waals surface area contributed by atoms with Crippen LogP contribution in [0, 0.1) is 0 Å². The van der Waals surface area contributed by atoms with Crippen LogP contribution in [0.2, 0.25) is 0 Å². The van der Waals surface area contributed by atoms with E-state index in [0.717, 1.165) is 0 Å². The van der Waals surface area contributed by atoms with Crippen LogP contribution in [0.1, 0.15) is 12.5 Å². The Morgan fingerprint density at radius 1 is 1.05 bits per heavy atom. The van der Waals surface area contributed by atoms with Gasteiger partial charge in [0.2, 0.25) is 5.95 Å². The molecule has 4 aromatic heterocycles. The lowest BCUT2D eigenvalue weighted by Crippen LogP contribution is -2.35. The zero-order valence-corrected chi connectivity index (χ0v) is 24.7. The summed E-state index contributed by atoms with van der Waals surface area (Å²) in [6.45, 7) is -5.54. The van der Waals surface area contributed by atoms with Crippen LogP contribution in [0.5, 0.6) is 0 Å². The molecule has 2 bridgehead atoms. The number of thiol groups is 1. The van der Waals surface area contributed by atoms with Crippen molar-refractivity contribution in [2.24, 2.45) is 0 Å². The number of aromatic amines is 1. The Morgan fingerprint density at radius 2 is 1.77 bits per heavy atom. The molecule has 0 spiro atoms. The molecule has 4 aromatic rings. The van der Waals surface area contributed by atoms with Crippen molar-refractivity contribution in [3.8, 4) is 0 Å². The molecular formula is C20H23FN10O10P2S. The third-order valence-corrected chi connectivity index (χ3v) is 9.70. The Bertz CT molecular complexity index is 1880. The molecule has 20 nitrogen and oxygen atoms in total. The van der Waals surface area contributed by atoms with Crippen LogP contribution < -0.4 is 17.0 Å². The highest BCUT2D eigenvalue weighted by Gasteiger charge is 2.52. The number of ether oxygens (including phenoxy) is 2. The summed E-state index contributed by atoms with van der Waals surface area (Å²) in [5.41, 5.74) is 11.1. The summed E-state index contributed by atoms with van der Waals surface area (Å²) in [6.07, 6.45) is -8.23. The van der Waals surface area contributed by atoms with Gasteiger partial charge in [0.25, 0.3) is 5.56 Å². The van der Waals surface area contributed by atoms with Crippen LogP contribution in [-0.4, -0.2) is 94.0 Å². The molecular weight excluding hydrogens is 653 g/mol. The molecule has 6 N–H and O–H groups in total. The van der Waals surface area contributed by atoms with Gasteiger partial charge in [0.15, 0.2) is 41.3 Å². The van der Waals surface area contributed by atoms with Gasteiger partial charge in [-0.1, -0.05) is 12.2 Å². The molecule has 2 unspecified atom stereocenters. The van der Waals surface area contributed by atoms with E-state index in [-0.39, 0.29) is 34.1 Å². The minimum Gasteiger partial charge on any atom is -0.387 e. The Hall–Kier alpha value is -3.04. The second-order valence-electron chi connectivity index (χ2n) is 9.90. The standard InChI is InChI=1S/C20H23FN10O10P2S/c21-8-12-7(39-18(8)30-4-26-9-14(22)24-3-25-15(9)30)2-37-43(35,44)41-13-11(32)6(1-36-42(34)40-12)38-19(13)31-5-27-10-16(31)28-20(23)29-17(10)33/h3-8,11-13,18-19,32,42H,1-2H2,(H,35,44)(H2,22,24,25)(H3,23,28,29,33)/t6-,7-,8+,11-,12-,13-,18-,19-,43?/m1/s1. The van der Waals surface area contributed by atoms with E-state index in [1.54, 1.807) is 0 Å². The van der Waals surface area contributed by atoms with Crippen molar-refractivity contribution in [2.45, 2.75) is 49.1 Å². The average molecular weight is 676 g/mol. The summed E-state index contributed by atoms with van der Waals surface area (Å²) in [5, 5.41) is 11.1. The number of halogens is 1. The first-order chi connectivity index (χ1) is 21.0. The van der Waals surface area contributed by atoms with Gasteiger partial charge in [-0.3, -0.25) is 32.5 Å². The Labute approximate surface area is 249 Å². The van der Waals surface area contributed by atoms with Gasteiger partial charge in [-0.2, -0.15) is 4.98 Å². The molecule has 0 aliphatic carbocycles. The molecule has 3 fully saturated rings. The maximum atomic E-state index is 15.9. The van der Waals surface area contributed by atoms with E-state index in [4.69, 9.17) is 39.0 Å². The third-order valence-electron chi connectivity index (χ3n) is 7.22. The van der Waals surface area contributed by atoms with Gasteiger partial charge in [0.1, 0.15) is 42.4 Å². The van der Waals surface area contributed by atoms with E-state index >= 15 is 4.39 Å². The number of anilines is 2. The summed E-state index contributed by atoms with van der Waals surface area (Å²) in [4.78, 5) is 34.7. The van der Waals surface area contributed by atoms with Crippen LogP contribution in [0.4, 0.5) is 16.2 Å².